The lowest BCUT2D eigenvalue weighted by Gasteiger charge is -2.28. The zero-order chi connectivity index (χ0) is 37.3. The summed E-state index contributed by atoms with van der Waals surface area (Å²) in [6, 6.07) is 66.4. The van der Waals surface area contributed by atoms with Gasteiger partial charge in [0.2, 0.25) is 0 Å². The number of hydrogen-bond acceptors (Lipinski definition) is 1. The Morgan fingerprint density at radius 1 is 0.418 bits per heavy atom. The van der Waals surface area contributed by atoms with Crippen LogP contribution in [0.2, 0.25) is 0 Å². The molecule has 0 atom stereocenters. The zero-order valence-corrected chi connectivity index (χ0v) is 33.6. The van der Waals surface area contributed by atoms with Crippen molar-refractivity contribution in [2.75, 3.05) is 4.90 Å². The zero-order valence-electron chi connectivity index (χ0n) is 30.5. The minimum absolute atomic E-state index is 0.0943. The first kappa shape index (κ1) is 33.9. The van der Waals surface area contributed by atoms with E-state index >= 15 is 0 Å². The SMILES string of the molecule is CC1(C)c2ccccc2-c2ccc(N(c3ccc(-c4ccccc4)cc3)c3ccc(-c4ccc5c(c4)c4cc(Br)ccc4n5-c4cccc(Br)c4)cc3)cc21. The number of hydrogen-bond donors (Lipinski definition) is 0. The molecule has 0 N–H and O–H groups in total. The molecule has 9 aromatic rings. The summed E-state index contributed by atoms with van der Waals surface area (Å²) in [6.45, 7) is 4.70. The van der Waals surface area contributed by atoms with E-state index in [4.69, 9.17) is 0 Å². The van der Waals surface area contributed by atoms with Gasteiger partial charge in [0.1, 0.15) is 0 Å². The highest BCUT2D eigenvalue weighted by atomic mass is 79.9. The number of aromatic nitrogens is 1. The predicted octanol–water partition coefficient (Wildman–Crippen LogP) is 15.4. The van der Waals surface area contributed by atoms with Gasteiger partial charge in [-0.1, -0.05) is 143 Å². The van der Waals surface area contributed by atoms with Crippen molar-refractivity contribution in [2.24, 2.45) is 0 Å². The Balaban J connectivity index is 1.07. The summed E-state index contributed by atoms with van der Waals surface area (Å²) in [4.78, 5) is 2.39. The third-order valence-electron chi connectivity index (χ3n) is 11.3. The van der Waals surface area contributed by atoms with Gasteiger partial charge in [-0.15, -0.1) is 0 Å². The van der Waals surface area contributed by atoms with Gasteiger partial charge in [-0.3, -0.25) is 0 Å². The molecule has 0 saturated carbocycles. The molecule has 0 amide bonds. The molecular formula is C51H36Br2N2. The summed E-state index contributed by atoms with van der Waals surface area (Å²) < 4.78 is 4.48. The van der Waals surface area contributed by atoms with E-state index in [-0.39, 0.29) is 5.41 Å². The molecule has 8 aromatic carbocycles. The Kier molecular flexibility index (Phi) is 8.16. The van der Waals surface area contributed by atoms with Crippen LogP contribution < -0.4 is 4.90 Å². The van der Waals surface area contributed by atoms with Gasteiger partial charge in [-0.2, -0.15) is 0 Å². The lowest BCUT2D eigenvalue weighted by Crippen LogP contribution is -2.16. The van der Waals surface area contributed by atoms with Crippen molar-refractivity contribution < 1.29 is 0 Å². The van der Waals surface area contributed by atoms with Gasteiger partial charge in [0.05, 0.1) is 11.0 Å². The first-order chi connectivity index (χ1) is 26.8. The van der Waals surface area contributed by atoms with Crippen molar-refractivity contribution in [1.29, 1.82) is 0 Å². The number of halogens is 2. The molecule has 10 rings (SSSR count). The fraction of sp³-hybridized carbons (Fsp3) is 0.0588. The van der Waals surface area contributed by atoms with Crippen molar-refractivity contribution in [3.8, 4) is 39.1 Å². The van der Waals surface area contributed by atoms with Crippen molar-refractivity contribution in [3.63, 3.8) is 0 Å². The highest BCUT2D eigenvalue weighted by Gasteiger charge is 2.35. The van der Waals surface area contributed by atoms with E-state index in [1.54, 1.807) is 0 Å². The summed E-state index contributed by atoms with van der Waals surface area (Å²) in [6.07, 6.45) is 0. The fourth-order valence-electron chi connectivity index (χ4n) is 8.58. The Morgan fingerprint density at radius 3 is 1.71 bits per heavy atom. The van der Waals surface area contributed by atoms with Crippen LogP contribution in [-0.4, -0.2) is 4.57 Å². The molecule has 2 nitrogen and oxygen atoms in total. The molecule has 0 aliphatic heterocycles. The summed E-state index contributed by atoms with van der Waals surface area (Å²) in [7, 11) is 0. The summed E-state index contributed by atoms with van der Waals surface area (Å²) in [5, 5.41) is 2.44. The molecule has 0 saturated heterocycles. The lowest BCUT2D eigenvalue weighted by molar-refractivity contribution is 0.660. The summed E-state index contributed by atoms with van der Waals surface area (Å²) >= 11 is 7.43. The standard InChI is InChI=1S/C51H36Br2N2/c1-51(2)47-14-7-6-13-43(47)44-26-25-42(32-48(44)51)54(39-21-15-34(16-22-39)33-9-4-3-5-10-33)40-23-17-35(18-24-40)36-19-27-49-45(29-36)46-31-38(53)20-28-50(46)55(49)41-12-8-11-37(52)30-41/h3-32H,1-2H3. The Labute approximate surface area is 338 Å². The molecule has 55 heavy (non-hydrogen) atoms. The Morgan fingerprint density at radius 2 is 0.982 bits per heavy atom. The smallest absolute Gasteiger partial charge is 0.0541 e. The van der Waals surface area contributed by atoms with Gasteiger partial charge in [0, 0.05) is 47.9 Å². The Hall–Kier alpha value is -5.68. The van der Waals surface area contributed by atoms with Crippen LogP contribution in [0.25, 0.3) is 60.9 Å². The van der Waals surface area contributed by atoms with Crippen molar-refractivity contribution in [1.82, 2.24) is 4.57 Å². The van der Waals surface area contributed by atoms with E-state index in [0.29, 0.717) is 0 Å². The first-order valence-corrected chi connectivity index (χ1v) is 20.2. The van der Waals surface area contributed by atoms with Gasteiger partial charge >= 0.3 is 0 Å². The van der Waals surface area contributed by atoms with Gasteiger partial charge in [-0.25, -0.2) is 0 Å². The predicted molar refractivity (Wildman–Crippen MR) is 239 cm³/mol. The van der Waals surface area contributed by atoms with E-state index in [1.165, 1.54) is 66.3 Å². The van der Waals surface area contributed by atoms with Gasteiger partial charge in [-0.05, 0) is 129 Å². The maximum atomic E-state index is 3.74. The lowest BCUT2D eigenvalue weighted by atomic mass is 9.82. The number of benzene rings is 8. The summed E-state index contributed by atoms with van der Waals surface area (Å²) in [5.74, 6) is 0. The number of nitrogens with zero attached hydrogens (tertiary/aromatic N) is 2. The second-order valence-corrected chi connectivity index (χ2v) is 16.7. The van der Waals surface area contributed by atoms with Crippen LogP contribution in [0.15, 0.2) is 191 Å². The van der Waals surface area contributed by atoms with E-state index in [2.05, 4.69) is 237 Å². The molecule has 1 aliphatic carbocycles. The first-order valence-electron chi connectivity index (χ1n) is 18.6. The molecule has 0 radical (unpaired) electrons. The molecule has 4 heteroatoms. The van der Waals surface area contributed by atoms with E-state index in [9.17, 15) is 0 Å². The molecule has 1 aliphatic rings. The maximum absolute atomic E-state index is 3.74. The monoisotopic (exact) mass is 834 g/mol. The molecule has 264 valence electrons. The Bertz CT molecular complexity index is 2910. The quantitative estimate of drug-likeness (QED) is 0.162. The third-order valence-corrected chi connectivity index (χ3v) is 12.3. The van der Waals surface area contributed by atoms with Crippen LogP contribution >= 0.6 is 31.9 Å². The molecular weight excluding hydrogens is 800 g/mol. The maximum Gasteiger partial charge on any atom is 0.0541 e. The van der Waals surface area contributed by atoms with Gasteiger partial charge < -0.3 is 9.47 Å². The second kappa shape index (κ2) is 13.3. The van der Waals surface area contributed by atoms with Crippen LogP contribution in [-0.2, 0) is 5.41 Å². The van der Waals surface area contributed by atoms with Crippen molar-refractivity contribution in [2.45, 2.75) is 19.3 Å². The molecule has 1 aromatic heterocycles. The van der Waals surface area contributed by atoms with Crippen molar-refractivity contribution >= 4 is 70.7 Å². The van der Waals surface area contributed by atoms with Crippen LogP contribution in [0.1, 0.15) is 25.0 Å². The highest BCUT2D eigenvalue weighted by molar-refractivity contribution is 9.10. The average molecular weight is 837 g/mol. The normalized spacial score (nSPS) is 12.9. The molecule has 1 heterocycles. The van der Waals surface area contributed by atoms with Gasteiger partial charge in [0.15, 0.2) is 0 Å². The van der Waals surface area contributed by atoms with Gasteiger partial charge in [0.25, 0.3) is 0 Å². The molecule has 0 fully saturated rings. The van der Waals surface area contributed by atoms with E-state index in [1.807, 2.05) is 0 Å². The number of anilines is 3. The summed E-state index contributed by atoms with van der Waals surface area (Å²) in [5.41, 5.74) is 16.9. The minimum Gasteiger partial charge on any atom is -0.310 e. The second-order valence-electron chi connectivity index (χ2n) is 14.9. The van der Waals surface area contributed by atoms with E-state index < -0.39 is 0 Å². The van der Waals surface area contributed by atoms with E-state index in [0.717, 1.165) is 31.7 Å². The number of rotatable bonds is 6. The highest BCUT2D eigenvalue weighted by Crippen LogP contribution is 2.50. The topological polar surface area (TPSA) is 8.17 Å². The van der Waals surface area contributed by atoms with Crippen LogP contribution in [0, 0.1) is 0 Å². The minimum atomic E-state index is -0.0943. The largest absolute Gasteiger partial charge is 0.310 e. The van der Waals surface area contributed by atoms with Crippen molar-refractivity contribution in [3.05, 3.63) is 202 Å². The average Bonchev–Trinajstić information content (AvgIpc) is 3.66. The molecule has 0 bridgehead atoms. The fourth-order valence-corrected chi connectivity index (χ4v) is 9.33. The number of fused-ring (bicyclic) bond motifs is 6. The van der Waals surface area contributed by atoms with Crippen LogP contribution in [0.5, 0.6) is 0 Å². The molecule has 0 unspecified atom stereocenters. The third kappa shape index (κ3) is 5.75. The van der Waals surface area contributed by atoms with Crippen LogP contribution in [0.4, 0.5) is 17.1 Å². The van der Waals surface area contributed by atoms with Crippen LogP contribution in [0.3, 0.4) is 0 Å². The molecule has 0 spiro atoms.